The van der Waals surface area contributed by atoms with Crippen molar-refractivity contribution >= 4 is 43.6 Å². The molecule has 0 saturated carbocycles. The van der Waals surface area contributed by atoms with Crippen LogP contribution in [0, 0.1) is 3.70 Å². The van der Waals surface area contributed by atoms with Gasteiger partial charge in [-0.15, -0.1) is 0 Å². The van der Waals surface area contributed by atoms with Gasteiger partial charge in [0, 0.05) is 45.3 Å². The first-order valence-electron chi connectivity index (χ1n) is 12.6. The highest BCUT2D eigenvalue weighted by Gasteiger charge is 2.30. The van der Waals surface area contributed by atoms with Gasteiger partial charge >= 0.3 is 0 Å². The van der Waals surface area contributed by atoms with Gasteiger partial charge in [-0.05, 0) is 53.6 Å². The van der Waals surface area contributed by atoms with E-state index in [0.717, 1.165) is 28.5 Å². The number of aryl methyl sites for hydroxylation is 2. The lowest BCUT2D eigenvalue weighted by Crippen LogP contribution is -2.49. The lowest BCUT2D eigenvalue weighted by Gasteiger charge is -2.33. The average molecular weight is 646 g/mol. The van der Waals surface area contributed by atoms with Crippen LogP contribution in [0.4, 0.5) is 4.39 Å². The zero-order valence-electron chi connectivity index (χ0n) is 21.4. The van der Waals surface area contributed by atoms with E-state index < -0.39 is 16.7 Å². The summed E-state index contributed by atoms with van der Waals surface area (Å²) in [6.45, 7) is 5.88. The molecule has 1 saturated heterocycles. The van der Waals surface area contributed by atoms with Crippen molar-refractivity contribution in [1.29, 1.82) is 0 Å². The number of aromatic amines is 1. The molecule has 1 N–H and O–H groups in total. The van der Waals surface area contributed by atoms with Crippen molar-refractivity contribution in [2.45, 2.75) is 38.0 Å². The summed E-state index contributed by atoms with van der Waals surface area (Å²) in [5.74, 6) is 0.728. The van der Waals surface area contributed by atoms with E-state index in [1.165, 1.54) is 16.4 Å². The Morgan fingerprint density at radius 2 is 1.89 bits per heavy atom. The largest absolute Gasteiger partial charge is 0.493 e. The molecule has 1 fully saturated rings. The standard InChI is InChI=1S/C25H33FIN5O4S/c1-4-6-18-21-22(30(3)23(18)27)25(33)29-24(28-21)19-16-17(7-8-20(19)36-15-5-2)37(34,35)32-13-11-31(10-9-26)12-14-32/h7-8,16H,4-6,9-15H2,1-3H3,(H,28,29,33). The van der Waals surface area contributed by atoms with Gasteiger partial charge in [-0.2, -0.15) is 4.31 Å². The fraction of sp³-hybridized carbons (Fsp3) is 0.520. The minimum atomic E-state index is -3.81. The number of fused-ring (bicyclic) bond motifs is 1. The van der Waals surface area contributed by atoms with Crippen LogP contribution in [0.5, 0.6) is 5.75 Å². The fourth-order valence-corrected chi connectivity index (χ4v) is 6.86. The summed E-state index contributed by atoms with van der Waals surface area (Å²) in [6, 6.07) is 4.69. The second-order valence-electron chi connectivity index (χ2n) is 9.13. The predicted octanol–water partition coefficient (Wildman–Crippen LogP) is 3.55. The Kier molecular flexibility index (Phi) is 8.92. The summed E-state index contributed by atoms with van der Waals surface area (Å²) in [6.07, 6.45) is 2.44. The quantitative estimate of drug-likeness (QED) is 0.339. The van der Waals surface area contributed by atoms with E-state index in [2.05, 4.69) is 34.5 Å². The van der Waals surface area contributed by atoms with E-state index in [-0.39, 0.29) is 29.4 Å². The van der Waals surface area contributed by atoms with Crippen LogP contribution in [0.1, 0.15) is 32.3 Å². The minimum Gasteiger partial charge on any atom is -0.493 e. The van der Waals surface area contributed by atoms with E-state index in [4.69, 9.17) is 9.72 Å². The smallest absolute Gasteiger partial charge is 0.275 e. The molecule has 2 aromatic heterocycles. The number of nitrogens with zero attached hydrogens (tertiary/aromatic N) is 4. The lowest BCUT2D eigenvalue weighted by atomic mass is 10.1. The molecular formula is C25H33FIN5O4S. The molecule has 0 bridgehead atoms. The summed E-state index contributed by atoms with van der Waals surface area (Å²) in [7, 11) is -1.96. The lowest BCUT2D eigenvalue weighted by molar-refractivity contribution is 0.177. The van der Waals surface area contributed by atoms with Crippen LogP contribution in [0.25, 0.3) is 22.4 Å². The summed E-state index contributed by atoms with van der Waals surface area (Å²) < 4.78 is 49.9. The maximum absolute atomic E-state index is 13.5. The van der Waals surface area contributed by atoms with Crippen molar-refractivity contribution in [3.63, 3.8) is 0 Å². The van der Waals surface area contributed by atoms with Crippen molar-refractivity contribution < 1.29 is 17.5 Å². The molecule has 3 heterocycles. The highest BCUT2D eigenvalue weighted by Crippen LogP contribution is 2.33. The number of aromatic nitrogens is 3. The summed E-state index contributed by atoms with van der Waals surface area (Å²) in [5, 5.41) is 0. The Bertz CT molecular complexity index is 1430. The van der Waals surface area contributed by atoms with Crippen LogP contribution >= 0.6 is 22.6 Å². The maximum atomic E-state index is 13.5. The fourth-order valence-electron chi connectivity index (χ4n) is 4.64. The molecule has 1 aliphatic heterocycles. The first kappa shape index (κ1) is 28.0. The molecule has 4 rings (SSSR count). The number of hydrogen-bond donors (Lipinski definition) is 1. The first-order valence-corrected chi connectivity index (χ1v) is 15.1. The van der Waals surface area contributed by atoms with Gasteiger partial charge in [0.15, 0.2) is 0 Å². The zero-order chi connectivity index (χ0) is 26.7. The first-order chi connectivity index (χ1) is 17.7. The van der Waals surface area contributed by atoms with Gasteiger partial charge in [0.05, 0.1) is 20.8 Å². The minimum absolute atomic E-state index is 0.101. The van der Waals surface area contributed by atoms with Crippen LogP contribution in [0.3, 0.4) is 0 Å². The molecule has 0 radical (unpaired) electrons. The predicted molar refractivity (Wildman–Crippen MR) is 150 cm³/mol. The number of halogens is 2. The van der Waals surface area contributed by atoms with Crippen LogP contribution < -0.4 is 10.3 Å². The number of alkyl halides is 1. The molecule has 3 aromatic rings. The van der Waals surface area contributed by atoms with Crippen molar-refractivity contribution in [2.75, 3.05) is 46.0 Å². The molecule has 12 heteroatoms. The average Bonchev–Trinajstić information content (AvgIpc) is 3.13. The molecular weight excluding hydrogens is 612 g/mol. The number of nitrogens with one attached hydrogen (secondary N) is 1. The molecule has 0 amide bonds. The normalized spacial score (nSPS) is 15.5. The monoisotopic (exact) mass is 645 g/mol. The van der Waals surface area contributed by atoms with Crippen molar-refractivity contribution in [3.8, 4) is 17.1 Å². The van der Waals surface area contributed by atoms with Crippen LogP contribution in [0.15, 0.2) is 27.9 Å². The van der Waals surface area contributed by atoms with E-state index in [0.29, 0.717) is 48.6 Å². The number of sulfonamides is 1. The number of ether oxygens (including phenoxy) is 1. The van der Waals surface area contributed by atoms with E-state index in [9.17, 15) is 17.6 Å². The van der Waals surface area contributed by atoms with E-state index in [1.807, 2.05) is 23.4 Å². The molecule has 0 aliphatic carbocycles. The summed E-state index contributed by atoms with van der Waals surface area (Å²) in [5.41, 5.74) is 2.24. The van der Waals surface area contributed by atoms with Crippen molar-refractivity contribution in [2.24, 2.45) is 7.05 Å². The Labute approximate surface area is 230 Å². The molecule has 1 aliphatic rings. The number of hydrogen-bond acceptors (Lipinski definition) is 6. The van der Waals surface area contributed by atoms with Crippen LogP contribution in [-0.4, -0.2) is 78.2 Å². The number of benzene rings is 1. The van der Waals surface area contributed by atoms with Gasteiger partial charge in [-0.1, -0.05) is 20.3 Å². The third kappa shape index (κ3) is 5.57. The van der Waals surface area contributed by atoms with Gasteiger partial charge < -0.3 is 14.3 Å². The topological polar surface area (TPSA) is 101 Å². The Morgan fingerprint density at radius 1 is 1.16 bits per heavy atom. The van der Waals surface area contributed by atoms with Crippen molar-refractivity contribution in [3.05, 3.63) is 37.8 Å². The van der Waals surface area contributed by atoms with Crippen LogP contribution in [0.2, 0.25) is 0 Å². The van der Waals surface area contributed by atoms with Gasteiger partial charge in [0.2, 0.25) is 10.0 Å². The molecule has 0 spiro atoms. The molecule has 0 atom stereocenters. The SMILES string of the molecule is CCCOc1ccc(S(=O)(=O)N2CCN(CCF)CC2)cc1-c1nc2c(CCC)c(I)n(C)c2c(=O)[nH]1. The van der Waals surface area contributed by atoms with Gasteiger partial charge in [-0.25, -0.2) is 17.8 Å². The molecule has 1 aromatic carbocycles. The third-order valence-electron chi connectivity index (χ3n) is 6.60. The van der Waals surface area contributed by atoms with E-state index >= 15 is 0 Å². The molecule has 9 nitrogen and oxygen atoms in total. The molecule has 37 heavy (non-hydrogen) atoms. The highest BCUT2D eigenvalue weighted by atomic mass is 127. The molecule has 202 valence electrons. The van der Waals surface area contributed by atoms with Crippen molar-refractivity contribution in [1.82, 2.24) is 23.7 Å². The zero-order valence-corrected chi connectivity index (χ0v) is 24.4. The number of H-pyrrole nitrogens is 1. The second kappa shape index (κ2) is 11.8. The van der Waals surface area contributed by atoms with Gasteiger partial charge in [0.25, 0.3) is 5.56 Å². The second-order valence-corrected chi connectivity index (χ2v) is 12.1. The Balaban J connectivity index is 1.81. The Morgan fingerprint density at radius 3 is 2.54 bits per heavy atom. The molecule has 0 unspecified atom stereocenters. The number of piperazine rings is 1. The summed E-state index contributed by atoms with van der Waals surface area (Å²) >= 11 is 2.23. The Hall–Kier alpha value is -2.03. The highest BCUT2D eigenvalue weighted by molar-refractivity contribution is 14.1. The summed E-state index contributed by atoms with van der Waals surface area (Å²) in [4.78, 5) is 22.9. The third-order valence-corrected chi connectivity index (χ3v) is 9.87. The number of rotatable bonds is 10. The van der Waals surface area contributed by atoms with Gasteiger partial charge in [-0.3, -0.25) is 9.69 Å². The van der Waals surface area contributed by atoms with Crippen LogP contribution in [-0.2, 0) is 23.5 Å². The van der Waals surface area contributed by atoms with Gasteiger partial charge in [0.1, 0.15) is 29.3 Å². The maximum Gasteiger partial charge on any atom is 0.275 e. The van der Waals surface area contributed by atoms with E-state index in [1.54, 1.807) is 6.07 Å².